The highest BCUT2D eigenvalue weighted by Gasteiger charge is 2.13. The monoisotopic (exact) mass is 239 g/mol. The van der Waals surface area contributed by atoms with E-state index in [1.807, 2.05) is 0 Å². The van der Waals surface area contributed by atoms with Gasteiger partial charge in [-0.2, -0.15) is 4.98 Å². The van der Waals surface area contributed by atoms with Gasteiger partial charge in [0.2, 0.25) is 5.89 Å². The lowest BCUT2D eigenvalue weighted by atomic mass is 10.3. The third kappa shape index (κ3) is 3.90. The minimum absolute atomic E-state index is 0.0355. The van der Waals surface area contributed by atoms with Gasteiger partial charge in [-0.1, -0.05) is 5.16 Å². The minimum Gasteiger partial charge on any atom is -0.379 e. The molecule has 6 nitrogen and oxygen atoms in total. The van der Waals surface area contributed by atoms with E-state index in [4.69, 9.17) is 9.26 Å². The van der Waals surface area contributed by atoms with Crippen LogP contribution in [-0.2, 0) is 22.4 Å². The van der Waals surface area contributed by atoms with Gasteiger partial charge in [-0.05, 0) is 6.92 Å². The molecular formula is C11H17N3O3. The molecule has 1 aliphatic rings. The topological polar surface area (TPSA) is 68.5 Å². The van der Waals surface area contributed by atoms with Crippen LogP contribution in [-0.4, -0.2) is 53.7 Å². The van der Waals surface area contributed by atoms with E-state index in [-0.39, 0.29) is 12.2 Å². The van der Waals surface area contributed by atoms with Gasteiger partial charge in [-0.3, -0.25) is 9.69 Å². The number of aromatic nitrogens is 2. The van der Waals surface area contributed by atoms with Gasteiger partial charge in [-0.15, -0.1) is 0 Å². The van der Waals surface area contributed by atoms with Gasteiger partial charge >= 0.3 is 0 Å². The highest BCUT2D eigenvalue weighted by molar-refractivity contribution is 5.77. The van der Waals surface area contributed by atoms with Gasteiger partial charge in [0.05, 0.1) is 19.6 Å². The van der Waals surface area contributed by atoms with Crippen molar-refractivity contribution in [1.29, 1.82) is 0 Å². The normalized spacial score (nSPS) is 17.2. The number of carbonyl (C=O) groups excluding carboxylic acids is 1. The van der Waals surface area contributed by atoms with Crippen LogP contribution in [0.25, 0.3) is 0 Å². The van der Waals surface area contributed by atoms with Crippen LogP contribution >= 0.6 is 0 Å². The average molecular weight is 239 g/mol. The number of ether oxygens (including phenoxy) is 1. The number of hydrogen-bond acceptors (Lipinski definition) is 6. The molecule has 94 valence electrons. The largest absolute Gasteiger partial charge is 0.379 e. The fraction of sp³-hybridized carbons (Fsp3) is 0.727. The van der Waals surface area contributed by atoms with E-state index < -0.39 is 0 Å². The van der Waals surface area contributed by atoms with Crippen LogP contribution in [0.1, 0.15) is 18.6 Å². The fourth-order valence-corrected chi connectivity index (χ4v) is 1.76. The standard InChI is InChI=1S/C11H17N3O3/c1-9(15)8-11-12-10(13-17-11)2-3-14-4-6-16-7-5-14/h2-8H2,1H3. The molecule has 0 radical (unpaired) electrons. The molecule has 1 aromatic rings. The van der Waals surface area contributed by atoms with Crippen LogP contribution in [0.3, 0.4) is 0 Å². The first-order valence-corrected chi connectivity index (χ1v) is 5.85. The summed E-state index contributed by atoms with van der Waals surface area (Å²) in [6.45, 7) is 5.92. The Bertz CT molecular complexity index is 372. The summed E-state index contributed by atoms with van der Waals surface area (Å²) in [5, 5.41) is 3.86. The summed E-state index contributed by atoms with van der Waals surface area (Å²) in [7, 11) is 0. The first-order chi connectivity index (χ1) is 8.24. The van der Waals surface area contributed by atoms with Crippen molar-refractivity contribution >= 4 is 5.78 Å². The maximum absolute atomic E-state index is 10.9. The average Bonchev–Trinajstić information content (AvgIpc) is 2.75. The van der Waals surface area contributed by atoms with E-state index in [0.29, 0.717) is 11.7 Å². The summed E-state index contributed by atoms with van der Waals surface area (Å²) in [5.74, 6) is 1.12. The zero-order chi connectivity index (χ0) is 12.1. The lowest BCUT2D eigenvalue weighted by Crippen LogP contribution is -2.37. The van der Waals surface area contributed by atoms with Gasteiger partial charge in [0, 0.05) is 26.1 Å². The van der Waals surface area contributed by atoms with Gasteiger partial charge in [-0.25, -0.2) is 0 Å². The summed E-state index contributed by atoms with van der Waals surface area (Å²) in [4.78, 5) is 17.4. The molecule has 0 unspecified atom stereocenters. The lowest BCUT2D eigenvalue weighted by molar-refractivity contribution is -0.116. The Hall–Kier alpha value is -1.27. The van der Waals surface area contributed by atoms with Crippen molar-refractivity contribution in [3.05, 3.63) is 11.7 Å². The van der Waals surface area contributed by atoms with Crippen molar-refractivity contribution in [2.24, 2.45) is 0 Å². The zero-order valence-electron chi connectivity index (χ0n) is 10.0. The van der Waals surface area contributed by atoms with Gasteiger partial charge in [0.1, 0.15) is 5.78 Å². The Kier molecular flexibility index (Phi) is 4.22. The number of Topliss-reactive ketones (excluding diaryl/α,β-unsaturated/α-hetero) is 1. The number of carbonyl (C=O) groups is 1. The molecular weight excluding hydrogens is 222 g/mol. The lowest BCUT2D eigenvalue weighted by Gasteiger charge is -2.25. The molecule has 1 aliphatic heterocycles. The Balaban J connectivity index is 1.78. The highest BCUT2D eigenvalue weighted by atomic mass is 16.5. The molecule has 0 aliphatic carbocycles. The number of morpholine rings is 1. The number of hydrogen-bond donors (Lipinski definition) is 0. The molecule has 17 heavy (non-hydrogen) atoms. The van der Waals surface area contributed by atoms with Crippen molar-refractivity contribution < 1.29 is 14.1 Å². The second-order valence-electron chi connectivity index (χ2n) is 4.19. The van der Waals surface area contributed by atoms with Crippen molar-refractivity contribution in [3.8, 4) is 0 Å². The molecule has 0 aromatic carbocycles. The van der Waals surface area contributed by atoms with Crippen molar-refractivity contribution in [1.82, 2.24) is 15.0 Å². The predicted molar refractivity (Wildman–Crippen MR) is 59.6 cm³/mol. The van der Waals surface area contributed by atoms with Crippen molar-refractivity contribution in [2.45, 2.75) is 19.8 Å². The molecule has 6 heteroatoms. The van der Waals surface area contributed by atoms with E-state index in [1.165, 1.54) is 6.92 Å². The summed E-state index contributed by atoms with van der Waals surface area (Å²) in [6, 6.07) is 0. The van der Waals surface area contributed by atoms with Crippen LogP contribution in [0.15, 0.2) is 4.52 Å². The molecule has 0 bridgehead atoms. The molecule has 1 fully saturated rings. The molecule has 1 saturated heterocycles. The van der Waals surface area contributed by atoms with Crippen LogP contribution in [0, 0.1) is 0 Å². The summed E-state index contributed by atoms with van der Waals surface area (Å²) >= 11 is 0. The van der Waals surface area contributed by atoms with Crippen LogP contribution < -0.4 is 0 Å². The van der Waals surface area contributed by atoms with Crippen LogP contribution in [0.4, 0.5) is 0 Å². The summed E-state index contributed by atoms with van der Waals surface area (Å²) in [5.41, 5.74) is 0. The van der Waals surface area contributed by atoms with Crippen molar-refractivity contribution in [2.75, 3.05) is 32.8 Å². The number of ketones is 1. The van der Waals surface area contributed by atoms with Crippen LogP contribution in [0.2, 0.25) is 0 Å². The number of rotatable bonds is 5. The molecule has 0 spiro atoms. The van der Waals surface area contributed by atoms with Gasteiger partial charge in [0.25, 0.3) is 0 Å². The highest BCUT2D eigenvalue weighted by Crippen LogP contribution is 2.02. The summed E-state index contributed by atoms with van der Waals surface area (Å²) in [6.07, 6.45) is 0.978. The van der Waals surface area contributed by atoms with E-state index in [2.05, 4.69) is 15.0 Å². The summed E-state index contributed by atoms with van der Waals surface area (Å²) < 4.78 is 10.3. The molecule has 2 rings (SSSR count). The molecule has 0 amide bonds. The maximum Gasteiger partial charge on any atom is 0.234 e. The quantitative estimate of drug-likeness (QED) is 0.724. The van der Waals surface area contributed by atoms with E-state index >= 15 is 0 Å². The number of nitrogens with zero attached hydrogens (tertiary/aromatic N) is 3. The van der Waals surface area contributed by atoms with E-state index in [1.54, 1.807) is 0 Å². The van der Waals surface area contributed by atoms with Crippen LogP contribution in [0.5, 0.6) is 0 Å². The van der Waals surface area contributed by atoms with Gasteiger partial charge < -0.3 is 9.26 Å². The first kappa shape index (κ1) is 12.2. The molecule has 0 atom stereocenters. The third-order valence-electron chi connectivity index (χ3n) is 2.67. The Labute approximate surface area is 99.9 Å². The SMILES string of the molecule is CC(=O)Cc1nc(CCN2CCOCC2)no1. The maximum atomic E-state index is 10.9. The smallest absolute Gasteiger partial charge is 0.234 e. The first-order valence-electron chi connectivity index (χ1n) is 5.85. The molecule has 0 N–H and O–H groups in total. The Morgan fingerprint density at radius 2 is 2.18 bits per heavy atom. The second kappa shape index (κ2) is 5.88. The predicted octanol–water partition coefficient (Wildman–Crippen LogP) is 0.0758. The zero-order valence-corrected chi connectivity index (χ0v) is 10.0. The third-order valence-corrected chi connectivity index (χ3v) is 2.67. The molecule has 2 heterocycles. The Morgan fingerprint density at radius 1 is 1.41 bits per heavy atom. The fourth-order valence-electron chi connectivity index (χ4n) is 1.76. The minimum atomic E-state index is 0.0355. The molecule has 1 aromatic heterocycles. The van der Waals surface area contributed by atoms with Crippen molar-refractivity contribution in [3.63, 3.8) is 0 Å². The Morgan fingerprint density at radius 3 is 2.88 bits per heavy atom. The molecule has 0 saturated carbocycles. The second-order valence-corrected chi connectivity index (χ2v) is 4.19. The van der Waals surface area contributed by atoms with E-state index in [0.717, 1.165) is 39.3 Å². The van der Waals surface area contributed by atoms with E-state index in [9.17, 15) is 4.79 Å². The van der Waals surface area contributed by atoms with Gasteiger partial charge in [0.15, 0.2) is 5.82 Å².